The van der Waals surface area contributed by atoms with E-state index in [1.807, 2.05) is 13.0 Å². The van der Waals surface area contributed by atoms with Crippen LogP contribution in [0.25, 0.3) is 0 Å². The van der Waals surface area contributed by atoms with Crippen LogP contribution in [0.5, 0.6) is 5.75 Å². The molecule has 0 bridgehead atoms. The number of hydrogen-bond acceptors (Lipinski definition) is 5. The molecule has 1 aliphatic heterocycles. The largest absolute Gasteiger partial charge is 0.480 e. The number of amides is 1. The van der Waals surface area contributed by atoms with Gasteiger partial charge >= 0.3 is 0 Å². The van der Waals surface area contributed by atoms with E-state index in [0.29, 0.717) is 22.8 Å². The van der Waals surface area contributed by atoms with E-state index in [1.54, 1.807) is 36.4 Å². The molecule has 0 saturated carbocycles. The van der Waals surface area contributed by atoms with E-state index in [1.165, 1.54) is 0 Å². The molecule has 22 heavy (non-hydrogen) atoms. The second kappa shape index (κ2) is 5.40. The zero-order valence-corrected chi connectivity index (χ0v) is 12.0. The number of rotatable bonds is 2. The van der Waals surface area contributed by atoms with Gasteiger partial charge in [-0.05, 0) is 43.3 Å². The summed E-state index contributed by atoms with van der Waals surface area (Å²) in [6, 6.07) is 12.2. The second-order valence-corrected chi connectivity index (χ2v) is 5.05. The molecule has 6 heteroatoms. The molecule has 0 fully saturated rings. The molecule has 1 unspecified atom stereocenters. The first kappa shape index (κ1) is 13.9. The molecule has 0 saturated heterocycles. The van der Waals surface area contributed by atoms with Crippen LogP contribution in [0.15, 0.2) is 47.5 Å². The number of nitrogens with two attached hydrogens (primary N) is 2. The summed E-state index contributed by atoms with van der Waals surface area (Å²) in [5.74, 6) is 0.899. The van der Waals surface area contributed by atoms with Crippen LogP contribution in [-0.2, 0) is 0 Å². The number of nitrogen functional groups attached to an aromatic ring is 1. The van der Waals surface area contributed by atoms with Crippen molar-refractivity contribution in [2.75, 3.05) is 11.1 Å². The summed E-state index contributed by atoms with van der Waals surface area (Å²) in [4.78, 5) is 15.6. The van der Waals surface area contributed by atoms with Crippen LogP contribution in [-0.4, -0.2) is 17.8 Å². The maximum atomic E-state index is 11.1. The fourth-order valence-electron chi connectivity index (χ4n) is 2.18. The lowest BCUT2D eigenvalue weighted by molar-refractivity contribution is 0.100. The third-order valence-electron chi connectivity index (χ3n) is 3.36. The maximum absolute atomic E-state index is 11.1. The van der Waals surface area contributed by atoms with Crippen molar-refractivity contribution in [2.24, 2.45) is 10.7 Å². The van der Waals surface area contributed by atoms with Crippen LogP contribution < -0.4 is 21.5 Å². The van der Waals surface area contributed by atoms with Gasteiger partial charge in [0.05, 0.1) is 0 Å². The van der Waals surface area contributed by atoms with Crippen molar-refractivity contribution in [3.05, 3.63) is 48.0 Å². The summed E-state index contributed by atoms with van der Waals surface area (Å²) in [6.45, 7) is 1.90. The molecule has 1 heterocycles. The Hall–Kier alpha value is -3.02. The van der Waals surface area contributed by atoms with E-state index in [9.17, 15) is 4.79 Å². The molecule has 0 radical (unpaired) electrons. The molecule has 2 aromatic carbocycles. The number of hydrogen-bond donors (Lipinski definition) is 3. The van der Waals surface area contributed by atoms with Crippen LogP contribution in [0, 0.1) is 0 Å². The van der Waals surface area contributed by atoms with E-state index in [4.69, 9.17) is 16.2 Å². The van der Waals surface area contributed by atoms with Gasteiger partial charge in [0.1, 0.15) is 17.3 Å². The van der Waals surface area contributed by atoms with Crippen LogP contribution >= 0.6 is 0 Å². The minimum atomic E-state index is -0.454. The Balaban J connectivity index is 1.85. The number of anilines is 2. The molecular formula is C16H16N4O2. The average molecular weight is 296 g/mol. The monoisotopic (exact) mass is 296 g/mol. The number of aliphatic imine (C=N–C) groups is 1. The number of carbonyl (C=O) groups is 1. The van der Waals surface area contributed by atoms with Crippen LogP contribution in [0.2, 0.25) is 0 Å². The first-order chi connectivity index (χ1) is 10.5. The van der Waals surface area contributed by atoms with Crippen LogP contribution in [0.4, 0.5) is 17.1 Å². The van der Waals surface area contributed by atoms with Crippen molar-refractivity contribution < 1.29 is 9.53 Å². The summed E-state index contributed by atoms with van der Waals surface area (Å²) in [5.41, 5.74) is 13.6. The third-order valence-corrected chi connectivity index (χ3v) is 3.36. The molecule has 1 aliphatic rings. The molecule has 1 amide bonds. The zero-order chi connectivity index (χ0) is 15.7. The highest BCUT2D eigenvalue weighted by atomic mass is 16.5. The van der Waals surface area contributed by atoms with Gasteiger partial charge in [-0.2, -0.15) is 0 Å². The van der Waals surface area contributed by atoms with Gasteiger partial charge in [0, 0.05) is 23.0 Å². The van der Waals surface area contributed by atoms with E-state index in [-0.39, 0.29) is 6.10 Å². The Kier molecular flexibility index (Phi) is 3.42. The smallest absolute Gasteiger partial charge is 0.248 e. The summed E-state index contributed by atoms with van der Waals surface area (Å²) in [6.07, 6.45) is -0.231. The van der Waals surface area contributed by atoms with E-state index >= 15 is 0 Å². The topological polar surface area (TPSA) is 103 Å². The lowest BCUT2D eigenvalue weighted by atomic mass is 10.2. The first-order valence-electron chi connectivity index (χ1n) is 6.84. The highest BCUT2D eigenvalue weighted by molar-refractivity contribution is 6.02. The van der Waals surface area contributed by atoms with Crippen molar-refractivity contribution in [1.29, 1.82) is 0 Å². The van der Waals surface area contributed by atoms with Crippen molar-refractivity contribution in [2.45, 2.75) is 13.0 Å². The Morgan fingerprint density at radius 3 is 2.64 bits per heavy atom. The third kappa shape index (κ3) is 2.71. The van der Waals surface area contributed by atoms with Gasteiger partial charge < -0.3 is 21.5 Å². The molecule has 0 spiro atoms. The summed E-state index contributed by atoms with van der Waals surface area (Å²) in [7, 11) is 0. The van der Waals surface area contributed by atoms with E-state index in [2.05, 4.69) is 10.3 Å². The highest BCUT2D eigenvalue weighted by Gasteiger charge is 2.20. The highest BCUT2D eigenvalue weighted by Crippen LogP contribution is 2.34. The van der Waals surface area contributed by atoms with Gasteiger partial charge in [0.25, 0.3) is 0 Å². The van der Waals surface area contributed by atoms with Crippen molar-refractivity contribution in [1.82, 2.24) is 0 Å². The van der Waals surface area contributed by atoms with Gasteiger partial charge in [-0.25, -0.2) is 4.99 Å². The number of amidine groups is 1. The van der Waals surface area contributed by atoms with E-state index in [0.717, 1.165) is 11.4 Å². The van der Waals surface area contributed by atoms with E-state index < -0.39 is 5.91 Å². The van der Waals surface area contributed by atoms with Crippen LogP contribution in [0.1, 0.15) is 17.3 Å². The lowest BCUT2D eigenvalue weighted by Crippen LogP contribution is -2.32. The maximum Gasteiger partial charge on any atom is 0.248 e. The van der Waals surface area contributed by atoms with Gasteiger partial charge in [-0.15, -0.1) is 0 Å². The van der Waals surface area contributed by atoms with Crippen LogP contribution in [0.3, 0.4) is 0 Å². The molecule has 2 aromatic rings. The number of benzene rings is 2. The predicted molar refractivity (Wildman–Crippen MR) is 86.6 cm³/mol. The Morgan fingerprint density at radius 2 is 1.95 bits per heavy atom. The standard InChI is InChI=1S/C16H16N4O2/c1-9-16(19-12-5-2-10(3-6-12)15(18)21)20-13-7-4-11(17)8-14(13)22-9/h2-9H,17H2,1H3,(H2,18,21)(H,19,20). The first-order valence-corrected chi connectivity index (χ1v) is 6.84. The lowest BCUT2D eigenvalue weighted by Gasteiger charge is -2.24. The minimum Gasteiger partial charge on any atom is -0.480 e. The molecular weight excluding hydrogens is 280 g/mol. The Bertz CT molecular complexity index is 753. The minimum absolute atomic E-state index is 0.231. The Labute approximate surface area is 127 Å². The van der Waals surface area contributed by atoms with Gasteiger partial charge in [0.2, 0.25) is 5.91 Å². The van der Waals surface area contributed by atoms with Gasteiger partial charge in [0.15, 0.2) is 6.10 Å². The number of nitrogens with one attached hydrogen (secondary N) is 1. The number of primary amides is 1. The number of fused-ring (bicyclic) bond motifs is 1. The number of carbonyl (C=O) groups excluding carboxylic acids is 1. The van der Waals surface area contributed by atoms with Crippen molar-refractivity contribution in [3.8, 4) is 5.75 Å². The Morgan fingerprint density at radius 1 is 1.23 bits per heavy atom. The zero-order valence-electron chi connectivity index (χ0n) is 12.0. The molecule has 6 nitrogen and oxygen atoms in total. The summed E-state index contributed by atoms with van der Waals surface area (Å²) in [5, 5.41) is 3.19. The molecule has 0 aromatic heterocycles. The summed E-state index contributed by atoms with van der Waals surface area (Å²) >= 11 is 0. The molecule has 112 valence electrons. The molecule has 5 N–H and O–H groups in total. The SMILES string of the molecule is CC1Oc2cc(N)ccc2N=C1Nc1ccc(C(N)=O)cc1. The number of nitrogens with zero attached hydrogens (tertiary/aromatic N) is 1. The molecule has 1 atom stereocenters. The normalized spacial score (nSPS) is 16.2. The predicted octanol–water partition coefficient (Wildman–Crippen LogP) is 2.29. The number of ether oxygens (including phenoxy) is 1. The van der Waals surface area contributed by atoms with Crippen molar-refractivity contribution in [3.63, 3.8) is 0 Å². The molecule has 0 aliphatic carbocycles. The van der Waals surface area contributed by atoms with Gasteiger partial charge in [-0.3, -0.25) is 4.79 Å². The molecule has 3 rings (SSSR count). The average Bonchev–Trinajstić information content (AvgIpc) is 2.49. The summed E-state index contributed by atoms with van der Waals surface area (Å²) < 4.78 is 5.81. The fourth-order valence-corrected chi connectivity index (χ4v) is 2.18. The fraction of sp³-hybridized carbons (Fsp3) is 0.125. The van der Waals surface area contributed by atoms with Gasteiger partial charge in [-0.1, -0.05) is 0 Å². The quantitative estimate of drug-likeness (QED) is 0.740. The van der Waals surface area contributed by atoms with Crippen molar-refractivity contribution >= 4 is 28.8 Å². The second-order valence-electron chi connectivity index (χ2n) is 5.05.